The van der Waals surface area contributed by atoms with E-state index in [0.717, 1.165) is 36.8 Å². The summed E-state index contributed by atoms with van der Waals surface area (Å²) >= 11 is 0. The third-order valence-electron chi connectivity index (χ3n) is 4.32. The summed E-state index contributed by atoms with van der Waals surface area (Å²) in [6.07, 6.45) is 2.22. The molecule has 1 atom stereocenters. The fourth-order valence-electron chi connectivity index (χ4n) is 2.85. The second-order valence-electron chi connectivity index (χ2n) is 6.09. The van der Waals surface area contributed by atoms with Crippen LogP contribution in [0.15, 0.2) is 28.9 Å². The summed E-state index contributed by atoms with van der Waals surface area (Å²) in [7, 11) is 0. The predicted molar refractivity (Wildman–Crippen MR) is 87.9 cm³/mol. The predicted octanol–water partition coefficient (Wildman–Crippen LogP) is 1.44. The molecule has 1 unspecified atom stereocenters. The molecule has 7 nitrogen and oxygen atoms in total. The lowest BCUT2D eigenvalue weighted by Crippen LogP contribution is -2.36. The first kappa shape index (κ1) is 16.7. The maximum atomic E-state index is 11.9. The van der Waals surface area contributed by atoms with Gasteiger partial charge in [-0.1, -0.05) is 6.92 Å². The second kappa shape index (κ2) is 7.63. The van der Waals surface area contributed by atoms with Crippen LogP contribution in [0.2, 0.25) is 0 Å². The van der Waals surface area contributed by atoms with Crippen molar-refractivity contribution in [1.29, 1.82) is 0 Å². The molecule has 0 fully saturated rings. The molecule has 2 aromatic rings. The fraction of sp³-hybridized carbons (Fsp3) is 0.529. The van der Waals surface area contributed by atoms with E-state index in [2.05, 4.69) is 15.3 Å². The van der Waals surface area contributed by atoms with E-state index in [0.29, 0.717) is 25.9 Å². The summed E-state index contributed by atoms with van der Waals surface area (Å²) in [6.45, 7) is 5.49. The lowest BCUT2D eigenvalue weighted by molar-refractivity contribution is -0.121. The van der Waals surface area contributed by atoms with Crippen molar-refractivity contribution in [2.45, 2.75) is 45.5 Å². The highest BCUT2D eigenvalue weighted by Gasteiger charge is 2.20. The highest BCUT2D eigenvalue weighted by Crippen LogP contribution is 2.20. The summed E-state index contributed by atoms with van der Waals surface area (Å²) in [5.41, 5.74) is 1.84. The van der Waals surface area contributed by atoms with E-state index >= 15 is 0 Å². The minimum absolute atomic E-state index is 0.0209. The molecule has 0 radical (unpaired) electrons. The van der Waals surface area contributed by atoms with Crippen LogP contribution < -0.4 is 5.32 Å². The Kier molecular flexibility index (Phi) is 5.32. The molecule has 0 aromatic carbocycles. The van der Waals surface area contributed by atoms with Gasteiger partial charge in [-0.25, -0.2) is 0 Å². The number of rotatable bonds is 7. The number of furan rings is 1. The zero-order chi connectivity index (χ0) is 16.9. The monoisotopic (exact) mass is 332 g/mol. The van der Waals surface area contributed by atoms with Gasteiger partial charge in [-0.05, 0) is 24.6 Å². The van der Waals surface area contributed by atoms with Gasteiger partial charge >= 0.3 is 0 Å². The molecule has 1 amide bonds. The topological polar surface area (TPSA) is 83.5 Å². The first-order valence-corrected chi connectivity index (χ1v) is 8.42. The van der Waals surface area contributed by atoms with Crippen LogP contribution in [0.5, 0.6) is 0 Å². The van der Waals surface area contributed by atoms with Crippen LogP contribution in [0, 0.1) is 0 Å². The summed E-state index contributed by atoms with van der Waals surface area (Å²) < 4.78 is 7.15. The minimum atomic E-state index is -0.496. The number of carbonyl (C=O) groups is 1. The van der Waals surface area contributed by atoms with Gasteiger partial charge in [0.2, 0.25) is 5.91 Å². The smallest absolute Gasteiger partial charge is 0.221 e. The molecule has 0 spiro atoms. The van der Waals surface area contributed by atoms with Gasteiger partial charge in [-0.2, -0.15) is 5.10 Å². The standard InChI is InChI=1S/C17H24N4O3/c1-2-16(22)15-10-13-12-20(7-8-21(13)19-15)6-5-17(23)18-11-14-4-3-9-24-14/h3-4,9-10,16,22H,2,5-8,11-12H2,1H3,(H,18,23). The Bertz CT molecular complexity index is 665. The van der Waals surface area contributed by atoms with E-state index in [1.807, 2.05) is 29.8 Å². The van der Waals surface area contributed by atoms with Crippen LogP contribution in [0.1, 0.15) is 43.0 Å². The van der Waals surface area contributed by atoms with Gasteiger partial charge in [0.15, 0.2) is 0 Å². The van der Waals surface area contributed by atoms with E-state index < -0.39 is 6.10 Å². The molecule has 3 rings (SSSR count). The van der Waals surface area contributed by atoms with Crippen molar-refractivity contribution in [2.75, 3.05) is 13.1 Å². The maximum Gasteiger partial charge on any atom is 0.221 e. The first-order valence-electron chi connectivity index (χ1n) is 8.42. The molecule has 2 N–H and O–H groups in total. The fourth-order valence-corrected chi connectivity index (χ4v) is 2.85. The van der Waals surface area contributed by atoms with Crippen molar-refractivity contribution in [3.8, 4) is 0 Å². The third-order valence-corrected chi connectivity index (χ3v) is 4.32. The number of aliphatic hydroxyl groups is 1. The van der Waals surface area contributed by atoms with Crippen molar-refractivity contribution >= 4 is 5.91 Å². The Morgan fingerprint density at radius 2 is 2.38 bits per heavy atom. The van der Waals surface area contributed by atoms with Gasteiger partial charge in [0.25, 0.3) is 0 Å². The average Bonchev–Trinajstić information content (AvgIpc) is 3.26. The molecule has 24 heavy (non-hydrogen) atoms. The van der Waals surface area contributed by atoms with Gasteiger partial charge in [-0.3, -0.25) is 14.4 Å². The molecule has 3 heterocycles. The number of aromatic nitrogens is 2. The Morgan fingerprint density at radius 3 is 3.12 bits per heavy atom. The highest BCUT2D eigenvalue weighted by atomic mass is 16.3. The molecule has 0 aliphatic carbocycles. The largest absolute Gasteiger partial charge is 0.467 e. The van der Waals surface area contributed by atoms with Crippen LogP contribution in [-0.4, -0.2) is 38.8 Å². The lowest BCUT2D eigenvalue weighted by Gasteiger charge is -2.27. The number of carbonyl (C=O) groups excluding carboxylic acids is 1. The number of nitrogens with zero attached hydrogens (tertiary/aromatic N) is 3. The molecule has 130 valence electrons. The van der Waals surface area contributed by atoms with E-state index in [4.69, 9.17) is 4.42 Å². The van der Waals surface area contributed by atoms with Crippen molar-refractivity contribution in [2.24, 2.45) is 0 Å². The van der Waals surface area contributed by atoms with Crippen LogP contribution >= 0.6 is 0 Å². The number of hydrogen-bond donors (Lipinski definition) is 2. The Labute approximate surface area is 141 Å². The van der Waals surface area contributed by atoms with Crippen LogP contribution in [0.25, 0.3) is 0 Å². The van der Waals surface area contributed by atoms with Gasteiger partial charge in [0.05, 0.1) is 36.8 Å². The van der Waals surface area contributed by atoms with Crippen molar-refractivity contribution in [1.82, 2.24) is 20.0 Å². The molecule has 0 saturated heterocycles. The number of nitrogens with one attached hydrogen (secondary N) is 1. The lowest BCUT2D eigenvalue weighted by atomic mass is 10.2. The molecule has 0 saturated carbocycles. The molecule has 2 aromatic heterocycles. The average molecular weight is 332 g/mol. The van der Waals surface area contributed by atoms with Crippen LogP contribution in [0.4, 0.5) is 0 Å². The zero-order valence-corrected chi connectivity index (χ0v) is 13.9. The number of aliphatic hydroxyl groups excluding tert-OH is 1. The number of amides is 1. The summed E-state index contributed by atoms with van der Waals surface area (Å²) in [4.78, 5) is 14.2. The van der Waals surface area contributed by atoms with Gasteiger partial charge < -0.3 is 14.8 Å². The highest BCUT2D eigenvalue weighted by molar-refractivity contribution is 5.75. The summed E-state index contributed by atoms with van der Waals surface area (Å²) in [5, 5.41) is 17.2. The van der Waals surface area contributed by atoms with E-state index in [-0.39, 0.29) is 5.91 Å². The maximum absolute atomic E-state index is 11.9. The SMILES string of the molecule is CCC(O)c1cc2n(n1)CCN(CCC(=O)NCc1ccco1)C2. The molecule has 1 aliphatic rings. The Balaban J connectivity index is 1.45. The first-order chi connectivity index (χ1) is 11.7. The van der Waals surface area contributed by atoms with Crippen LogP contribution in [0.3, 0.4) is 0 Å². The molecule has 0 bridgehead atoms. The Hall–Kier alpha value is -2.12. The van der Waals surface area contributed by atoms with Crippen molar-refractivity contribution in [3.63, 3.8) is 0 Å². The van der Waals surface area contributed by atoms with Crippen molar-refractivity contribution < 1.29 is 14.3 Å². The molecule has 7 heteroatoms. The normalized spacial score (nSPS) is 15.9. The van der Waals surface area contributed by atoms with E-state index in [1.165, 1.54) is 0 Å². The third kappa shape index (κ3) is 4.04. The minimum Gasteiger partial charge on any atom is -0.467 e. The van der Waals surface area contributed by atoms with Gasteiger partial charge in [0, 0.05) is 26.1 Å². The van der Waals surface area contributed by atoms with Crippen LogP contribution in [-0.2, 0) is 24.4 Å². The number of fused-ring (bicyclic) bond motifs is 1. The van der Waals surface area contributed by atoms with E-state index in [1.54, 1.807) is 6.26 Å². The second-order valence-corrected chi connectivity index (χ2v) is 6.09. The molecular formula is C17H24N4O3. The zero-order valence-electron chi connectivity index (χ0n) is 13.9. The molecule has 1 aliphatic heterocycles. The van der Waals surface area contributed by atoms with E-state index in [9.17, 15) is 9.90 Å². The van der Waals surface area contributed by atoms with Gasteiger partial charge in [-0.15, -0.1) is 0 Å². The number of hydrogen-bond acceptors (Lipinski definition) is 5. The van der Waals surface area contributed by atoms with Gasteiger partial charge in [0.1, 0.15) is 5.76 Å². The van der Waals surface area contributed by atoms with Crippen molar-refractivity contribution in [3.05, 3.63) is 41.6 Å². The quantitative estimate of drug-likeness (QED) is 0.802. The Morgan fingerprint density at radius 1 is 1.50 bits per heavy atom. The molecular weight excluding hydrogens is 308 g/mol. The summed E-state index contributed by atoms with van der Waals surface area (Å²) in [6, 6.07) is 5.62. The summed E-state index contributed by atoms with van der Waals surface area (Å²) in [5.74, 6) is 0.778.